The highest BCUT2D eigenvalue weighted by Gasteiger charge is 2.18. The highest BCUT2D eigenvalue weighted by atomic mass is 15.1. The molecule has 1 nitrogen and oxygen atoms in total. The summed E-state index contributed by atoms with van der Waals surface area (Å²) in [4.78, 5) is 2.37. The molecule has 256 valence electrons. The first-order chi connectivity index (χ1) is 26.7. The molecule has 0 heterocycles. The van der Waals surface area contributed by atoms with E-state index in [-0.39, 0.29) is 0 Å². The molecule has 0 atom stereocenters. The van der Waals surface area contributed by atoms with Gasteiger partial charge in [-0.3, -0.25) is 0 Å². The number of anilines is 3. The van der Waals surface area contributed by atoms with Crippen LogP contribution in [0.25, 0.3) is 72.1 Å². The van der Waals surface area contributed by atoms with E-state index in [9.17, 15) is 0 Å². The van der Waals surface area contributed by atoms with Crippen LogP contribution in [0.2, 0.25) is 0 Å². The van der Waals surface area contributed by atoms with E-state index in [0.29, 0.717) is 0 Å². The second-order valence-electron chi connectivity index (χ2n) is 13.8. The highest BCUT2D eigenvalue weighted by molar-refractivity contribution is 6.08. The lowest BCUT2D eigenvalue weighted by atomic mass is 9.86. The van der Waals surface area contributed by atoms with Crippen molar-refractivity contribution in [2.75, 3.05) is 4.90 Å². The Labute approximate surface area is 317 Å². The number of nitrogens with zero attached hydrogens (tertiary/aromatic N) is 1. The van der Waals surface area contributed by atoms with Crippen LogP contribution >= 0.6 is 0 Å². The molecule has 0 fully saturated rings. The maximum atomic E-state index is 4.16. The van der Waals surface area contributed by atoms with Crippen LogP contribution in [0, 0.1) is 6.92 Å². The molecule has 9 aromatic carbocycles. The van der Waals surface area contributed by atoms with Gasteiger partial charge in [0.1, 0.15) is 0 Å². The smallest absolute Gasteiger partial charge is 0.0473 e. The Morgan fingerprint density at radius 2 is 0.944 bits per heavy atom. The molecule has 9 aromatic rings. The molecule has 0 aromatic heterocycles. The molecule has 0 aliphatic heterocycles. The quantitative estimate of drug-likeness (QED) is 0.153. The summed E-state index contributed by atoms with van der Waals surface area (Å²) in [6.07, 6.45) is 1.97. The standard InChI is InChI=1S/C53H39N/c1-3-38-21-15-22-42-23-16-28-50(53(38)42)51-36-52(49-27-14-13-26-48(49)37(51)2)41-29-31-46(32-30-41)54(45-24-11-6-12-25-45)47-34-43(39-17-7-4-8-18-39)33-44(35-47)40-19-9-5-10-20-40/h3-36H,1H2,2H3. The minimum atomic E-state index is 1.09. The van der Waals surface area contributed by atoms with Crippen molar-refractivity contribution in [1.82, 2.24) is 0 Å². The molecular weight excluding hydrogens is 651 g/mol. The lowest BCUT2D eigenvalue weighted by Gasteiger charge is -2.27. The molecule has 54 heavy (non-hydrogen) atoms. The maximum Gasteiger partial charge on any atom is 0.0473 e. The van der Waals surface area contributed by atoms with E-state index in [2.05, 4.69) is 219 Å². The molecular formula is C53H39N. The second-order valence-corrected chi connectivity index (χ2v) is 13.8. The normalized spacial score (nSPS) is 11.1. The van der Waals surface area contributed by atoms with Gasteiger partial charge in [0.15, 0.2) is 0 Å². The van der Waals surface area contributed by atoms with Gasteiger partial charge < -0.3 is 4.90 Å². The average Bonchev–Trinajstić information content (AvgIpc) is 3.25. The van der Waals surface area contributed by atoms with Gasteiger partial charge in [-0.15, -0.1) is 0 Å². The third-order valence-corrected chi connectivity index (χ3v) is 10.6. The van der Waals surface area contributed by atoms with Crippen LogP contribution in [0.4, 0.5) is 17.1 Å². The number of hydrogen-bond donors (Lipinski definition) is 0. The Bertz CT molecular complexity index is 2700. The van der Waals surface area contributed by atoms with E-state index in [1.54, 1.807) is 0 Å². The van der Waals surface area contributed by atoms with Gasteiger partial charge in [0.2, 0.25) is 0 Å². The Kier molecular flexibility index (Phi) is 8.67. The molecule has 0 N–H and O–H groups in total. The molecule has 0 amide bonds. The maximum absolute atomic E-state index is 4.16. The van der Waals surface area contributed by atoms with Gasteiger partial charge in [-0.25, -0.2) is 0 Å². The summed E-state index contributed by atoms with van der Waals surface area (Å²) in [7, 11) is 0. The van der Waals surface area contributed by atoms with Crippen molar-refractivity contribution < 1.29 is 0 Å². The topological polar surface area (TPSA) is 3.24 Å². The zero-order valence-electron chi connectivity index (χ0n) is 30.3. The van der Waals surface area contributed by atoms with Gasteiger partial charge in [-0.1, -0.05) is 164 Å². The Hall–Kier alpha value is -6.96. The highest BCUT2D eigenvalue weighted by Crippen LogP contribution is 2.43. The number of para-hydroxylation sites is 1. The molecule has 9 rings (SSSR count). The van der Waals surface area contributed by atoms with Crippen LogP contribution in [0.5, 0.6) is 0 Å². The van der Waals surface area contributed by atoms with Crippen molar-refractivity contribution in [1.29, 1.82) is 0 Å². The molecule has 0 spiro atoms. The fraction of sp³-hybridized carbons (Fsp3) is 0.0189. The van der Waals surface area contributed by atoms with E-state index in [4.69, 9.17) is 0 Å². The molecule has 0 aliphatic rings. The minimum absolute atomic E-state index is 1.09. The lowest BCUT2D eigenvalue weighted by Crippen LogP contribution is -2.10. The number of rotatable bonds is 8. The van der Waals surface area contributed by atoms with Crippen molar-refractivity contribution in [3.63, 3.8) is 0 Å². The minimum Gasteiger partial charge on any atom is -0.310 e. The summed E-state index contributed by atoms with van der Waals surface area (Å²) in [5.74, 6) is 0. The van der Waals surface area contributed by atoms with Crippen molar-refractivity contribution in [3.8, 4) is 44.5 Å². The predicted molar refractivity (Wildman–Crippen MR) is 233 cm³/mol. The van der Waals surface area contributed by atoms with Crippen LogP contribution < -0.4 is 4.90 Å². The van der Waals surface area contributed by atoms with Crippen molar-refractivity contribution >= 4 is 44.7 Å². The van der Waals surface area contributed by atoms with Crippen LogP contribution in [0.1, 0.15) is 11.1 Å². The average molecular weight is 690 g/mol. The first kappa shape index (κ1) is 32.9. The summed E-state index contributed by atoms with van der Waals surface area (Å²) in [6, 6.07) is 72.3. The lowest BCUT2D eigenvalue weighted by molar-refractivity contribution is 1.28. The van der Waals surface area contributed by atoms with Gasteiger partial charge >= 0.3 is 0 Å². The molecule has 0 saturated heterocycles. The van der Waals surface area contributed by atoms with E-state index in [1.165, 1.54) is 71.6 Å². The number of hydrogen-bond acceptors (Lipinski definition) is 1. The first-order valence-electron chi connectivity index (χ1n) is 18.5. The fourth-order valence-corrected chi connectivity index (χ4v) is 7.95. The summed E-state index contributed by atoms with van der Waals surface area (Å²) in [5, 5.41) is 4.97. The van der Waals surface area contributed by atoms with E-state index >= 15 is 0 Å². The van der Waals surface area contributed by atoms with Gasteiger partial charge in [0.25, 0.3) is 0 Å². The first-order valence-corrected chi connectivity index (χ1v) is 18.5. The zero-order chi connectivity index (χ0) is 36.4. The Balaban J connectivity index is 1.21. The Morgan fingerprint density at radius 3 is 1.57 bits per heavy atom. The predicted octanol–water partition coefficient (Wildman–Crippen LogP) is 15.1. The largest absolute Gasteiger partial charge is 0.310 e. The van der Waals surface area contributed by atoms with E-state index in [0.717, 1.165) is 22.6 Å². The monoisotopic (exact) mass is 689 g/mol. The second kappa shape index (κ2) is 14.2. The van der Waals surface area contributed by atoms with Crippen LogP contribution in [-0.4, -0.2) is 0 Å². The Morgan fingerprint density at radius 1 is 0.389 bits per heavy atom. The van der Waals surface area contributed by atoms with Crippen molar-refractivity contribution in [2.45, 2.75) is 6.92 Å². The molecule has 1 heteroatoms. The fourth-order valence-electron chi connectivity index (χ4n) is 7.95. The number of benzene rings is 9. The van der Waals surface area contributed by atoms with Gasteiger partial charge in [0, 0.05) is 17.1 Å². The van der Waals surface area contributed by atoms with Gasteiger partial charge in [0.05, 0.1) is 0 Å². The zero-order valence-corrected chi connectivity index (χ0v) is 30.3. The van der Waals surface area contributed by atoms with Crippen molar-refractivity contribution in [2.24, 2.45) is 0 Å². The van der Waals surface area contributed by atoms with Crippen molar-refractivity contribution in [3.05, 3.63) is 218 Å². The molecule has 0 bridgehead atoms. The third-order valence-electron chi connectivity index (χ3n) is 10.6. The summed E-state index contributed by atoms with van der Waals surface area (Å²) >= 11 is 0. The van der Waals surface area contributed by atoms with Crippen LogP contribution in [0.3, 0.4) is 0 Å². The number of aryl methyl sites for hydroxylation is 1. The summed E-state index contributed by atoms with van der Waals surface area (Å²) < 4.78 is 0. The summed E-state index contributed by atoms with van der Waals surface area (Å²) in [6.45, 7) is 6.41. The van der Waals surface area contributed by atoms with E-state index in [1.807, 2.05) is 6.08 Å². The van der Waals surface area contributed by atoms with E-state index < -0.39 is 0 Å². The molecule has 0 saturated carbocycles. The summed E-state index contributed by atoms with van der Waals surface area (Å²) in [5.41, 5.74) is 15.3. The third kappa shape index (κ3) is 6.06. The number of fused-ring (bicyclic) bond motifs is 2. The SMILES string of the molecule is C=Cc1cccc2cccc(-c3cc(-c4ccc(N(c5ccccc5)c5cc(-c6ccccc6)cc(-c6ccccc6)c5)cc4)c4ccccc4c3C)c12. The van der Waals surface area contributed by atoms with Crippen LogP contribution in [0.15, 0.2) is 207 Å². The molecule has 0 unspecified atom stereocenters. The molecule has 0 radical (unpaired) electrons. The molecule has 0 aliphatic carbocycles. The van der Waals surface area contributed by atoms with Gasteiger partial charge in [-0.2, -0.15) is 0 Å². The van der Waals surface area contributed by atoms with Crippen LogP contribution in [-0.2, 0) is 0 Å². The van der Waals surface area contributed by atoms with Gasteiger partial charge in [-0.05, 0) is 133 Å².